The summed E-state index contributed by atoms with van der Waals surface area (Å²) in [4.78, 5) is 29.4. The van der Waals surface area contributed by atoms with E-state index < -0.39 is 53.1 Å². The van der Waals surface area contributed by atoms with Crippen molar-refractivity contribution in [3.8, 4) is 5.75 Å². The standard InChI is InChI=1S/C20H23F6N3O3/c21-19(22,23)12-5-3-11(4-6-12)18(31)29-7-1-2-14(29)10-32-15-8-13(20(24,25)26)9-28-16(15)17(27)30/h8-9,11-12,14H,1-7,10H2,(H2,27,30)/t11-,12-,14-/m1/s1. The summed E-state index contributed by atoms with van der Waals surface area (Å²) >= 11 is 0. The summed E-state index contributed by atoms with van der Waals surface area (Å²) in [5, 5.41) is 0. The van der Waals surface area contributed by atoms with Crippen LogP contribution in [0.4, 0.5) is 26.3 Å². The molecule has 178 valence electrons. The molecular formula is C20H23F6N3O3. The smallest absolute Gasteiger partial charge is 0.418 e. The monoisotopic (exact) mass is 467 g/mol. The molecule has 1 aliphatic carbocycles. The quantitative estimate of drug-likeness (QED) is 0.665. The van der Waals surface area contributed by atoms with Gasteiger partial charge >= 0.3 is 12.4 Å². The molecule has 2 N–H and O–H groups in total. The molecule has 0 spiro atoms. The first kappa shape index (κ1) is 24.1. The van der Waals surface area contributed by atoms with Gasteiger partial charge < -0.3 is 15.4 Å². The second-order valence-corrected chi connectivity index (χ2v) is 8.16. The summed E-state index contributed by atoms with van der Waals surface area (Å²) in [7, 11) is 0. The average molecular weight is 467 g/mol. The third-order valence-corrected chi connectivity index (χ3v) is 6.04. The number of aromatic nitrogens is 1. The lowest BCUT2D eigenvalue weighted by Gasteiger charge is -2.33. The second kappa shape index (κ2) is 9.14. The van der Waals surface area contributed by atoms with Gasteiger partial charge in [0.15, 0.2) is 11.4 Å². The maximum Gasteiger partial charge on any atom is 0.418 e. The molecule has 2 fully saturated rings. The fourth-order valence-corrected chi connectivity index (χ4v) is 4.28. The van der Waals surface area contributed by atoms with Crippen LogP contribution in [0, 0.1) is 11.8 Å². The highest BCUT2D eigenvalue weighted by Gasteiger charge is 2.44. The third-order valence-electron chi connectivity index (χ3n) is 6.04. The number of nitrogens with two attached hydrogens (primary N) is 1. The number of alkyl halides is 6. The number of nitrogens with zero attached hydrogens (tertiary/aromatic N) is 2. The van der Waals surface area contributed by atoms with Gasteiger partial charge in [-0.05, 0) is 44.6 Å². The van der Waals surface area contributed by atoms with Crippen LogP contribution in [0.5, 0.6) is 5.75 Å². The lowest BCUT2D eigenvalue weighted by molar-refractivity contribution is -0.185. The molecule has 0 unspecified atom stereocenters. The maximum absolute atomic E-state index is 13.0. The number of carbonyl (C=O) groups is 2. The van der Waals surface area contributed by atoms with E-state index in [1.807, 2.05) is 0 Å². The van der Waals surface area contributed by atoms with Gasteiger partial charge in [0.05, 0.1) is 17.5 Å². The van der Waals surface area contributed by atoms with Gasteiger partial charge in [0.1, 0.15) is 6.61 Å². The fraction of sp³-hybridized carbons (Fsp3) is 0.650. The van der Waals surface area contributed by atoms with E-state index in [4.69, 9.17) is 10.5 Å². The Morgan fingerprint density at radius 2 is 1.75 bits per heavy atom. The minimum Gasteiger partial charge on any atom is -0.489 e. The minimum absolute atomic E-state index is 0.104. The molecule has 2 heterocycles. The fourth-order valence-electron chi connectivity index (χ4n) is 4.28. The Labute approximate surface area is 180 Å². The molecule has 0 bridgehead atoms. The van der Waals surface area contributed by atoms with E-state index in [9.17, 15) is 35.9 Å². The van der Waals surface area contributed by atoms with Gasteiger partial charge in [-0.1, -0.05) is 0 Å². The van der Waals surface area contributed by atoms with Crippen LogP contribution in [0.25, 0.3) is 0 Å². The van der Waals surface area contributed by atoms with Crippen molar-refractivity contribution in [2.24, 2.45) is 17.6 Å². The number of primary amides is 1. The van der Waals surface area contributed by atoms with Crippen LogP contribution >= 0.6 is 0 Å². The topological polar surface area (TPSA) is 85.5 Å². The molecule has 1 saturated heterocycles. The van der Waals surface area contributed by atoms with Crippen molar-refractivity contribution in [1.29, 1.82) is 0 Å². The van der Waals surface area contributed by atoms with Gasteiger partial charge in [-0.3, -0.25) is 9.59 Å². The van der Waals surface area contributed by atoms with Gasteiger partial charge in [0.25, 0.3) is 5.91 Å². The molecule has 1 saturated carbocycles. The van der Waals surface area contributed by atoms with E-state index in [0.717, 1.165) is 0 Å². The largest absolute Gasteiger partial charge is 0.489 e. The number of hydrogen-bond donors (Lipinski definition) is 1. The number of ether oxygens (including phenoxy) is 1. The van der Waals surface area contributed by atoms with Crippen LogP contribution in [-0.4, -0.2) is 47.1 Å². The van der Waals surface area contributed by atoms with Crippen LogP contribution in [0.2, 0.25) is 0 Å². The molecule has 0 radical (unpaired) electrons. The molecule has 2 aliphatic rings. The maximum atomic E-state index is 13.0. The molecule has 1 atom stereocenters. The SMILES string of the molecule is NC(=O)c1ncc(C(F)(F)F)cc1OC[C@H]1CCCN1C(=O)[C@H]1CC[C@H](C(F)(F)F)CC1. The first-order valence-electron chi connectivity index (χ1n) is 10.2. The predicted octanol–water partition coefficient (Wildman–Crippen LogP) is 3.94. The highest BCUT2D eigenvalue weighted by atomic mass is 19.4. The zero-order valence-electron chi connectivity index (χ0n) is 17.0. The van der Waals surface area contributed by atoms with Crippen molar-refractivity contribution >= 4 is 11.8 Å². The lowest BCUT2D eigenvalue weighted by atomic mass is 9.81. The molecule has 1 aliphatic heterocycles. The molecule has 32 heavy (non-hydrogen) atoms. The van der Waals surface area contributed by atoms with Crippen LogP contribution < -0.4 is 10.5 Å². The first-order valence-corrected chi connectivity index (χ1v) is 10.2. The van der Waals surface area contributed by atoms with Crippen molar-refractivity contribution in [2.45, 2.75) is 56.9 Å². The molecule has 0 aromatic carbocycles. The highest BCUT2D eigenvalue weighted by Crippen LogP contribution is 2.40. The van der Waals surface area contributed by atoms with E-state index in [2.05, 4.69) is 4.98 Å². The van der Waals surface area contributed by atoms with E-state index in [1.165, 1.54) is 4.90 Å². The van der Waals surface area contributed by atoms with Crippen LogP contribution in [0.3, 0.4) is 0 Å². The van der Waals surface area contributed by atoms with Gasteiger partial charge in [-0.2, -0.15) is 26.3 Å². The number of carbonyl (C=O) groups excluding carboxylic acids is 2. The predicted molar refractivity (Wildman–Crippen MR) is 99.5 cm³/mol. The zero-order chi connectivity index (χ0) is 23.7. The number of hydrogen-bond acceptors (Lipinski definition) is 4. The van der Waals surface area contributed by atoms with Crippen molar-refractivity contribution in [1.82, 2.24) is 9.88 Å². The van der Waals surface area contributed by atoms with E-state index in [0.29, 0.717) is 31.6 Å². The van der Waals surface area contributed by atoms with Gasteiger partial charge in [-0.15, -0.1) is 0 Å². The summed E-state index contributed by atoms with van der Waals surface area (Å²) in [6.45, 7) is 0.197. The van der Waals surface area contributed by atoms with E-state index >= 15 is 0 Å². The Balaban J connectivity index is 1.66. The third kappa shape index (κ3) is 5.44. The van der Waals surface area contributed by atoms with E-state index in [1.54, 1.807) is 0 Å². The zero-order valence-corrected chi connectivity index (χ0v) is 17.0. The molecule has 3 rings (SSSR count). The lowest BCUT2D eigenvalue weighted by Crippen LogP contribution is -2.44. The van der Waals surface area contributed by atoms with Gasteiger partial charge in [-0.25, -0.2) is 4.98 Å². The van der Waals surface area contributed by atoms with Gasteiger partial charge in [0.2, 0.25) is 5.91 Å². The number of amides is 2. The molecule has 1 aromatic rings. The Morgan fingerprint density at radius 1 is 1.09 bits per heavy atom. The Hall–Kier alpha value is -2.53. The Bertz CT molecular complexity index is 850. The summed E-state index contributed by atoms with van der Waals surface area (Å²) in [5.74, 6) is -3.68. The van der Waals surface area contributed by atoms with E-state index in [-0.39, 0.29) is 38.2 Å². The van der Waals surface area contributed by atoms with Crippen molar-refractivity contribution < 1.29 is 40.7 Å². The second-order valence-electron chi connectivity index (χ2n) is 8.16. The number of halogens is 6. The summed E-state index contributed by atoms with van der Waals surface area (Å²) < 4.78 is 83.0. The van der Waals surface area contributed by atoms with Crippen LogP contribution in [-0.2, 0) is 11.0 Å². The molecule has 2 amide bonds. The van der Waals surface area contributed by atoms with Crippen molar-refractivity contribution in [2.75, 3.05) is 13.2 Å². The minimum atomic E-state index is -4.70. The molecule has 1 aromatic heterocycles. The number of pyridine rings is 1. The number of rotatable bonds is 5. The number of likely N-dealkylation sites (tertiary alicyclic amines) is 1. The normalized spacial score (nSPS) is 24.4. The van der Waals surface area contributed by atoms with Crippen molar-refractivity contribution in [3.63, 3.8) is 0 Å². The van der Waals surface area contributed by atoms with Crippen LogP contribution in [0.15, 0.2) is 12.3 Å². The highest BCUT2D eigenvalue weighted by molar-refractivity contribution is 5.93. The molecule has 6 nitrogen and oxygen atoms in total. The molecular weight excluding hydrogens is 444 g/mol. The summed E-state index contributed by atoms with van der Waals surface area (Å²) in [6, 6.07) is 0.158. The Kier molecular flexibility index (Phi) is 6.89. The first-order chi connectivity index (χ1) is 14.9. The van der Waals surface area contributed by atoms with Crippen LogP contribution in [0.1, 0.15) is 54.6 Å². The summed E-state index contributed by atoms with van der Waals surface area (Å²) in [6.07, 6.45) is -7.29. The Morgan fingerprint density at radius 3 is 2.31 bits per heavy atom. The molecule has 12 heteroatoms. The summed E-state index contributed by atoms with van der Waals surface area (Å²) in [5.41, 5.74) is 3.59. The average Bonchev–Trinajstić information content (AvgIpc) is 3.18. The van der Waals surface area contributed by atoms with Crippen molar-refractivity contribution in [3.05, 3.63) is 23.5 Å². The van der Waals surface area contributed by atoms with Gasteiger partial charge in [0, 0.05) is 18.7 Å².